The standard InChI is InChI=1S/CH2N4.H2O3S/c1-2-4-5-3-1;1-4(2)3/h1H2;(H2,1,2,3)/p-1. The van der Waals surface area contributed by atoms with Crippen molar-refractivity contribution < 1.29 is 13.3 Å². The average molecular weight is 151 g/mol. The molecule has 0 aromatic carbocycles. The lowest BCUT2D eigenvalue weighted by atomic mass is 11.2. The van der Waals surface area contributed by atoms with Crippen molar-refractivity contribution in [3.05, 3.63) is 0 Å². The van der Waals surface area contributed by atoms with Crippen LogP contribution in [0.25, 0.3) is 0 Å². The van der Waals surface area contributed by atoms with E-state index in [1.165, 1.54) is 0 Å². The molecular formula is CH3N4O3S-. The Kier molecular flexibility index (Phi) is 4.97. The average Bonchev–Trinajstić information content (AvgIpc) is 2.11. The largest absolute Gasteiger partial charge is 0.750 e. The van der Waals surface area contributed by atoms with Gasteiger partial charge in [-0.25, -0.2) is 4.21 Å². The van der Waals surface area contributed by atoms with Crippen LogP contribution in [0.4, 0.5) is 0 Å². The van der Waals surface area contributed by atoms with Crippen molar-refractivity contribution in [3.8, 4) is 0 Å². The molecule has 1 aliphatic rings. The van der Waals surface area contributed by atoms with Gasteiger partial charge in [0.05, 0.1) is 11.4 Å². The zero-order chi connectivity index (χ0) is 7.11. The monoisotopic (exact) mass is 151 g/mol. The quantitative estimate of drug-likeness (QED) is 0.496. The fourth-order valence-corrected chi connectivity index (χ4v) is 0.141. The number of hydrogen-bond acceptors (Lipinski definition) is 6. The molecule has 0 radical (unpaired) electrons. The Hall–Kier alpha value is -0.730. The van der Waals surface area contributed by atoms with Crippen molar-refractivity contribution in [3.63, 3.8) is 0 Å². The topological polar surface area (TPSA) is 110 Å². The van der Waals surface area contributed by atoms with Crippen molar-refractivity contribution in [1.29, 1.82) is 0 Å². The van der Waals surface area contributed by atoms with Crippen molar-refractivity contribution in [1.82, 2.24) is 0 Å². The second-order valence-electron chi connectivity index (χ2n) is 0.820. The van der Waals surface area contributed by atoms with Gasteiger partial charge in [-0.3, -0.25) is 0 Å². The Balaban J connectivity index is 0.000000148. The second-order valence-corrected chi connectivity index (χ2v) is 1.25. The van der Waals surface area contributed by atoms with Crippen molar-refractivity contribution >= 4 is 11.4 Å². The molecular weight excluding hydrogens is 148 g/mol. The van der Waals surface area contributed by atoms with E-state index in [9.17, 15) is 0 Å². The molecule has 0 saturated carbocycles. The van der Waals surface area contributed by atoms with Gasteiger partial charge < -0.3 is 9.11 Å². The number of rotatable bonds is 0. The Morgan fingerprint density at radius 2 is 1.78 bits per heavy atom. The molecule has 52 valence electrons. The molecule has 1 heterocycles. The van der Waals surface area contributed by atoms with Crippen molar-refractivity contribution in [2.75, 3.05) is 6.67 Å². The molecule has 0 saturated heterocycles. The molecule has 8 heteroatoms. The van der Waals surface area contributed by atoms with E-state index in [4.69, 9.17) is 13.3 Å². The molecule has 1 atom stereocenters. The highest BCUT2D eigenvalue weighted by Gasteiger charge is 1.76. The van der Waals surface area contributed by atoms with Gasteiger partial charge in [0.2, 0.25) is 0 Å². The van der Waals surface area contributed by atoms with E-state index < -0.39 is 11.4 Å². The first kappa shape index (κ1) is 8.27. The summed E-state index contributed by atoms with van der Waals surface area (Å²) in [6.07, 6.45) is 0. The molecule has 0 spiro atoms. The highest BCUT2D eigenvalue weighted by molar-refractivity contribution is 7.73. The summed E-state index contributed by atoms with van der Waals surface area (Å²) in [7, 11) is 0. The van der Waals surface area contributed by atoms with Crippen molar-refractivity contribution in [2.24, 2.45) is 20.7 Å². The van der Waals surface area contributed by atoms with Crippen molar-refractivity contribution in [2.45, 2.75) is 0 Å². The Morgan fingerprint density at radius 1 is 1.44 bits per heavy atom. The highest BCUT2D eigenvalue weighted by atomic mass is 32.2. The van der Waals surface area contributed by atoms with Gasteiger partial charge in [-0.15, -0.1) is 10.2 Å². The zero-order valence-electron chi connectivity index (χ0n) is 4.17. The molecule has 1 rings (SSSR count). The molecule has 1 aliphatic heterocycles. The van der Waals surface area contributed by atoms with Crippen LogP contribution in [0.3, 0.4) is 0 Å². The molecule has 1 unspecified atom stereocenters. The van der Waals surface area contributed by atoms with Gasteiger partial charge in [0.15, 0.2) is 6.67 Å². The van der Waals surface area contributed by atoms with E-state index in [0.29, 0.717) is 6.67 Å². The van der Waals surface area contributed by atoms with Crippen LogP contribution < -0.4 is 0 Å². The fourth-order valence-electron chi connectivity index (χ4n) is 0.141. The van der Waals surface area contributed by atoms with Crippen LogP contribution in [-0.4, -0.2) is 20.0 Å². The minimum Gasteiger partial charge on any atom is -0.750 e. The molecule has 0 bridgehead atoms. The molecule has 0 fully saturated rings. The predicted octanol–water partition coefficient (Wildman–Crippen LogP) is 0.115. The Morgan fingerprint density at radius 3 is 1.89 bits per heavy atom. The van der Waals surface area contributed by atoms with Gasteiger partial charge in [-0.05, 0) is 10.4 Å². The van der Waals surface area contributed by atoms with E-state index in [2.05, 4.69) is 20.7 Å². The van der Waals surface area contributed by atoms with Gasteiger partial charge in [0, 0.05) is 0 Å². The minimum atomic E-state index is -2.86. The predicted molar refractivity (Wildman–Crippen MR) is 26.1 cm³/mol. The third-order valence-corrected chi connectivity index (χ3v) is 0.293. The summed E-state index contributed by atoms with van der Waals surface area (Å²) in [5.41, 5.74) is 0. The van der Waals surface area contributed by atoms with Gasteiger partial charge in [0.25, 0.3) is 0 Å². The van der Waals surface area contributed by atoms with Gasteiger partial charge in [0.1, 0.15) is 0 Å². The van der Waals surface area contributed by atoms with Gasteiger partial charge >= 0.3 is 0 Å². The molecule has 1 N–H and O–H groups in total. The Labute approximate surface area is 53.0 Å². The summed E-state index contributed by atoms with van der Waals surface area (Å²) >= 11 is -2.86. The summed E-state index contributed by atoms with van der Waals surface area (Å²) < 4.78 is 24.1. The summed E-state index contributed by atoms with van der Waals surface area (Å²) in [6.45, 7) is 0.417. The maximum Gasteiger partial charge on any atom is 0.175 e. The molecule has 9 heavy (non-hydrogen) atoms. The normalized spacial score (nSPS) is 16.7. The third kappa shape index (κ3) is 11.1. The lowest BCUT2D eigenvalue weighted by molar-refractivity contribution is 0.436. The van der Waals surface area contributed by atoms with E-state index in [1.807, 2.05) is 0 Å². The highest BCUT2D eigenvalue weighted by Crippen LogP contribution is 1.87. The van der Waals surface area contributed by atoms with Gasteiger partial charge in [-0.2, -0.15) is 0 Å². The van der Waals surface area contributed by atoms with Crippen LogP contribution in [0.5, 0.6) is 0 Å². The maximum atomic E-state index is 8.56. The van der Waals surface area contributed by atoms with Crippen LogP contribution in [-0.2, 0) is 11.4 Å². The fraction of sp³-hybridized carbons (Fsp3) is 1.00. The van der Waals surface area contributed by atoms with E-state index >= 15 is 0 Å². The van der Waals surface area contributed by atoms with Crippen LogP contribution in [0.1, 0.15) is 0 Å². The summed E-state index contributed by atoms with van der Waals surface area (Å²) in [5.74, 6) is 0. The minimum absolute atomic E-state index is 0.417. The van der Waals surface area contributed by atoms with E-state index in [0.717, 1.165) is 0 Å². The lowest BCUT2D eigenvalue weighted by Gasteiger charge is -1.83. The van der Waals surface area contributed by atoms with Crippen LogP contribution in [0, 0.1) is 0 Å². The first-order chi connectivity index (χ1) is 4.23. The maximum absolute atomic E-state index is 8.56. The molecule has 7 nitrogen and oxygen atoms in total. The summed E-state index contributed by atoms with van der Waals surface area (Å²) in [5, 5.41) is 13.1. The molecule has 0 aromatic rings. The zero-order valence-corrected chi connectivity index (χ0v) is 4.98. The number of nitrogens with zero attached hydrogens (tertiary/aromatic N) is 4. The second kappa shape index (κ2) is 5.41. The summed E-state index contributed by atoms with van der Waals surface area (Å²) in [6, 6.07) is 0. The molecule has 0 aliphatic carbocycles. The van der Waals surface area contributed by atoms with Crippen LogP contribution >= 0.6 is 0 Å². The first-order valence-electron chi connectivity index (χ1n) is 1.75. The molecule has 0 aromatic heterocycles. The van der Waals surface area contributed by atoms with Crippen LogP contribution in [0.15, 0.2) is 20.7 Å². The SMILES string of the molecule is C1N=NN=N1.O=S([O-])O. The van der Waals surface area contributed by atoms with E-state index in [-0.39, 0.29) is 0 Å². The van der Waals surface area contributed by atoms with Crippen LogP contribution in [0.2, 0.25) is 0 Å². The number of hydrogen-bond donors (Lipinski definition) is 1. The molecule has 0 amide bonds. The van der Waals surface area contributed by atoms with Gasteiger partial charge in [-0.1, -0.05) is 0 Å². The summed E-state index contributed by atoms with van der Waals surface area (Å²) in [4.78, 5) is 0. The Bertz CT molecular complexity index is 129. The smallest absolute Gasteiger partial charge is 0.175 e. The van der Waals surface area contributed by atoms with E-state index in [1.54, 1.807) is 0 Å². The lowest BCUT2D eigenvalue weighted by Crippen LogP contribution is -1.75. The first-order valence-corrected chi connectivity index (χ1v) is 2.78. The third-order valence-electron chi connectivity index (χ3n) is 0.293.